The zero-order valence-corrected chi connectivity index (χ0v) is 17.0. The van der Waals surface area contributed by atoms with Gasteiger partial charge in [0.2, 0.25) is 0 Å². The first-order chi connectivity index (χ1) is 13.9. The van der Waals surface area contributed by atoms with Crippen LogP contribution in [0.1, 0.15) is 33.4 Å². The molecule has 29 heavy (non-hydrogen) atoms. The van der Waals surface area contributed by atoms with Gasteiger partial charge in [0, 0.05) is 28.5 Å². The highest BCUT2D eigenvalue weighted by atomic mass is 79.9. The smallest absolute Gasteiger partial charge is 0.280 e. The Labute approximate surface area is 172 Å². The van der Waals surface area contributed by atoms with Crippen molar-refractivity contribution in [2.75, 3.05) is 4.90 Å². The maximum atomic E-state index is 15.0. The normalized spacial score (nSPS) is 16.1. The number of aromatic nitrogens is 4. The molecule has 9 heteroatoms. The number of carbonyl (C=O) groups is 1. The SMILES string of the molecule is Cc1c2c(nn1C)C(=O)N(c1ccc3nc[nH]c3c1)C2c1c(F)cc(Br)cc1F. The Balaban J connectivity index is 1.78. The minimum atomic E-state index is -0.973. The van der Waals surface area contributed by atoms with Gasteiger partial charge in [-0.1, -0.05) is 15.9 Å². The van der Waals surface area contributed by atoms with Crippen LogP contribution in [0.15, 0.2) is 41.1 Å². The molecule has 1 unspecified atom stereocenters. The Hall–Kier alpha value is -3.07. The van der Waals surface area contributed by atoms with Crippen LogP contribution >= 0.6 is 15.9 Å². The maximum absolute atomic E-state index is 15.0. The van der Waals surface area contributed by atoms with Crippen molar-refractivity contribution >= 4 is 38.6 Å². The minimum Gasteiger partial charge on any atom is -0.345 e. The Kier molecular flexibility index (Phi) is 3.86. The van der Waals surface area contributed by atoms with Gasteiger partial charge in [0.25, 0.3) is 5.91 Å². The van der Waals surface area contributed by atoms with Crippen molar-refractivity contribution in [3.63, 3.8) is 0 Å². The maximum Gasteiger partial charge on any atom is 0.280 e. The summed E-state index contributed by atoms with van der Waals surface area (Å²) in [5.41, 5.74) is 3.12. The van der Waals surface area contributed by atoms with Gasteiger partial charge in [-0.25, -0.2) is 13.8 Å². The Morgan fingerprint density at radius 1 is 1.14 bits per heavy atom. The molecule has 0 aliphatic carbocycles. The number of aryl methyl sites for hydroxylation is 1. The van der Waals surface area contributed by atoms with Crippen LogP contribution in [-0.2, 0) is 7.05 Å². The average Bonchev–Trinajstić information content (AvgIpc) is 3.31. The molecule has 0 radical (unpaired) electrons. The van der Waals surface area contributed by atoms with Gasteiger partial charge in [0.05, 0.1) is 29.0 Å². The van der Waals surface area contributed by atoms with Gasteiger partial charge in [-0.15, -0.1) is 0 Å². The van der Waals surface area contributed by atoms with Gasteiger partial charge in [0.1, 0.15) is 11.6 Å². The molecule has 1 atom stereocenters. The first-order valence-corrected chi connectivity index (χ1v) is 9.60. The second-order valence-corrected chi connectivity index (χ2v) is 7.85. The second-order valence-electron chi connectivity index (χ2n) is 6.94. The summed E-state index contributed by atoms with van der Waals surface area (Å²) in [4.78, 5) is 21.8. The third kappa shape index (κ3) is 2.53. The van der Waals surface area contributed by atoms with Crippen LogP contribution < -0.4 is 4.90 Å². The van der Waals surface area contributed by atoms with E-state index in [-0.39, 0.29) is 15.7 Å². The summed E-state index contributed by atoms with van der Waals surface area (Å²) in [7, 11) is 1.70. The molecule has 0 bridgehead atoms. The van der Waals surface area contributed by atoms with Crippen LogP contribution in [0.2, 0.25) is 0 Å². The van der Waals surface area contributed by atoms with Crippen molar-refractivity contribution in [1.82, 2.24) is 19.7 Å². The molecule has 6 nitrogen and oxygen atoms in total. The molecule has 2 aromatic heterocycles. The lowest BCUT2D eigenvalue weighted by atomic mass is 9.97. The topological polar surface area (TPSA) is 66.8 Å². The van der Waals surface area contributed by atoms with Crippen LogP contribution in [0.3, 0.4) is 0 Å². The summed E-state index contributed by atoms with van der Waals surface area (Å²) >= 11 is 3.11. The molecule has 3 heterocycles. The quantitative estimate of drug-likeness (QED) is 0.485. The van der Waals surface area contributed by atoms with E-state index in [9.17, 15) is 13.6 Å². The zero-order chi connectivity index (χ0) is 20.4. The predicted octanol–water partition coefficient (Wildman–Crippen LogP) is 4.40. The van der Waals surface area contributed by atoms with E-state index in [1.165, 1.54) is 17.0 Å². The number of halogens is 3. The highest BCUT2D eigenvalue weighted by molar-refractivity contribution is 9.10. The van der Waals surface area contributed by atoms with Gasteiger partial charge < -0.3 is 4.98 Å². The van der Waals surface area contributed by atoms with Crippen molar-refractivity contribution in [2.45, 2.75) is 13.0 Å². The Morgan fingerprint density at radius 3 is 2.59 bits per heavy atom. The number of nitrogens with zero attached hydrogens (tertiary/aromatic N) is 4. The van der Waals surface area contributed by atoms with E-state index in [4.69, 9.17) is 0 Å². The van der Waals surface area contributed by atoms with Crippen molar-refractivity contribution in [1.29, 1.82) is 0 Å². The van der Waals surface area contributed by atoms with E-state index in [1.54, 1.807) is 43.2 Å². The number of amides is 1. The van der Waals surface area contributed by atoms with Gasteiger partial charge in [0.15, 0.2) is 5.69 Å². The molecule has 146 valence electrons. The fourth-order valence-corrected chi connectivity index (χ4v) is 4.30. The average molecular weight is 458 g/mol. The summed E-state index contributed by atoms with van der Waals surface area (Å²) in [6.45, 7) is 1.78. The first-order valence-electron chi connectivity index (χ1n) is 8.81. The van der Waals surface area contributed by atoms with Crippen molar-refractivity contribution in [3.05, 3.63) is 75.3 Å². The molecule has 2 aromatic carbocycles. The number of benzene rings is 2. The van der Waals surface area contributed by atoms with Gasteiger partial charge in [-0.2, -0.15) is 5.10 Å². The van der Waals surface area contributed by atoms with E-state index >= 15 is 0 Å². The van der Waals surface area contributed by atoms with Gasteiger partial charge >= 0.3 is 0 Å². The molecule has 5 rings (SSSR count). The number of nitrogens with one attached hydrogen (secondary N) is 1. The van der Waals surface area contributed by atoms with Gasteiger partial charge in [-0.3, -0.25) is 14.4 Å². The number of carbonyl (C=O) groups excluding carboxylic acids is 1. The highest BCUT2D eigenvalue weighted by Crippen LogP contribution is 2.45. The molecular formula is C20H14BrF2N5O. The fourth-order valence-electron chi connectivity index (χ4n) is 3.90. The molecule has 1 aliphatic rings. The summed E-state index contributed by atoms with van der Waals surface area (Å²) < 4.78 is 31.8. The molecule has 0 spiro atoms. The van der Waals surface area contributed by atoms with Gasteiger partial charge in [-0.05, 0) is 37.3 Å². The number of imidazole rings is 1. The molecule has 1 N–H and O–H groups in total. The van der Waals surface area contributed by atoms with Crippen LogP contribution in [0.5, 0.6) is 0 Å². The summed E-state index contributed by atoms with van der Waals surface area (Å²) in [5, 5.41) is 4.30. The largest absolute Gasteiger partial charge is 0.345 e. The lowest BCUT2D eigenvalue weighted by Crippen LogP contribution is -2.31. The lowest BCUT2D eigenvalue weighted by molar-refractivity contribution is 0.0987. The van der Waals surface area contributed by atoms with E-state index < -0.39 is 23.6 Å². The second kappa shape index (κ2) is 6.21. The fraction of sp³-hybridized carbons (Fsp3) is 0.150. The molecule has 0 fully saturated rings. The number of anilines is 1. The van der Waals surface area contributed by atoms with Crippen LogP contribution in [-0.4, -0.2) is 25.7 Å². The van der Waals surface area contributed by atoms with E-state index in [0.717, 1.165) is 5.52 Å². The van der Waals surface area contributed by atoms with E-state index in [0.29, 0.717) is 22.5 Å². The third-order valence-electron chi connectivity index (χ3n) is 5.33. The Morgan fingerprint density at radius 2 is 1.86 bits per heavy atom. The number of rotatable bonds is 2. The van der Waals surface area contributed by atoms with Crippen molar-refractivity contribution in [2.24, 2.45) is 7.05 Å². The lowest BCUT2D eigenvalue weighted by Gasteiger charge is -2.27. The highest BCUT2D eigenvalue weighted by Gasteiger charge is 2.45. The first kappa shape index (κ1) is 18.0. The minimum absolute atomic E-state index is 0.193. The monoisotopic (exact) mass is 457 g/mol. The molecule has 0 saturated heterocycles. The number of hydrogen-bond acceptors (Lipinski definition) is 3. The molecule has 4 aromatic rings. The summed E-state index contributed by atoms with van der Waals surface area (Å²) in [5.74, 6) is -1.88. The number of H-pyrrole nitrogens is 1. The van der Waals surface area contributed by atoms with Crippen LogP contribution in [0, 0.1) is 18.6 Å². The molecule has 1 aliphatic heterocycles. The van der Waals surface area contributed by atoms with E-state index in [2.05, 4.69) is 31.0 Å². The molecule has 1 amide bonds. The number of hydrogen-bond donors (Lipinski definition) is 1. The van der Waals surface area contributed by atoms with Crippen LogP contribution in [0.4, 0.5) is 14.5 Å². The third-order valence-corrected chi connectivity index (χ3v) is 5.79. The Bertz CT molecular complexity index is 1290. The van der Waals surface area contributed by atoms with Crippen molar-refractivity contribution in [3.8, 4) is 0 Å². The number of fused-ring (bicyclic) bond motifs is 2. The molecular weight excluding hydrogens is 444 g/mol. The van der Waals surface area contributed by atoms with Crippen molar-refractivity contribution < 1.29 is 13.6 Å². The summed E-state index contributed by atoms with van der Waals surface area (Å²) in [6, 6.07) is 6.63. The zero-order valence-electron chi connectivity index (χ0n) is 15.4. The van der Waals surface area contributed by atoms with Crippen LogP contribution in [0.25, 0.3) is 11.0 Å². The van der Waals surface area contributed by atoms with E-state index in [1.807, 2.05) is 0 Å². The molecule has 0 saturated carbocycles. The number of aromatic amines is 1. The summed E-state index contributed by atoms with van der Waals surface area (Å²) in [6.07, 6.45) is 1.55. The standard InChI is InChI=1S/C20H14BrF2N5O/c1-9-16-18(26-27(9)2)20(29)28(11-3-4-14-15(7-11)25-8-24-14)19(16)17-12(22)5-10(21)6-13(17)23/h3-8,19H,1-2H3,(H,24,25). The predicted molar refractivity (Wildman–Crippen MR) is 107 cm³/mol.